The number of imidazole rings is 1. The van der Waals surface area contributed by atoms with Crippen molar-refractivity contribution < 1.29 is 0 Å². The van der Waals surface area contributed by atoms with Gasteiger partial charge in [-0.2, -0.15) is 0 Å². The zero-order valence-electron chi connectivity index (χ0n) is 15.0. The third-order valence-electron chi connectivity index (χ3n) is 4.44. The van der Waals surface area contributed by atoms with E-state index >= 15 is 0 Å². The minimum Gasteiger partial charge on any atom is -0.357 e. The van der Waals surface area contributed by atoms with Crippen LogP contribution in [-0.4, -0.2) is 58.7 Å². The van der Waals surface area contributed by atoms with Crippen molar-refractivity contribution in [1.29, 1.82) is 0 Å². The lowest BCUT2D eigenvalue weighted by Gasteiger charge is -2.22. The van der Waals surface area contributed by atoms with E-state index < -0.39 is 0 Å². The van der Waals surface area contributed by atoms with Crippen LogP contribution in [0.2, 0.25) is 0 Å². The first kappa shape index (κ1) is 17.8. The quantitative estimate of drug-likeness (QED) is 0.455. The molecule has 6 heteroatoms. The van der Waals surface area contributed by atoms with Gasteiger partial charge in [-0.25, -0.2) is 4.98 Å². The second-order valence-corrected chi connectivity index (χ2v) is 6.69. The van der Waals surface area contributed by atoms with Crippen molar-refractivity contribution in [2.45, 2.75) is 52.7 Å². The summed E-state index contributed by atoms with van der Waals surface area (Å²) >= 11 is 0. The topological polar surface area (TPSA) is 57.5 Å². The number of guanidine groups is 1. The Kier molecular flexibility index (Phi) is 6.89. The number of hydrogen-bond donors (Lipinski definition) is 2. The zero-order valence-corrected chi connectivity index (χ0v) is 15.0. The second kappa shape index (κ2) is 8.91. The van der Waals surface area contributed by atoms with Gasteiger partial charge in [0.15, 0.2) is 5.96 Å². The molecule has 2 rings (SSSR count). The predicted octanol–water partition coefficient (Wildman–Crippen LogP) is 1.56. The summed E-state index contributed by atoms with van der Waals surface area (Å²) in [6, 6.07) is 1.09. The highest BCUT2D eigenvalue weighted by Crippen LogP contribution is 2.18. The van der Waals surface area contributed by atoms with Gasteiger partial charge < -0.3 is 15.2 Å². The summed E-state index contributed by atoms with van der Waals surface area (Å²) in [5.74, 6) is 1.59. The SMILES string of the molecule is CCNC(=NCCCn1ccnc1)NC1CN(C(C)C)CC1C. The highest BCUT2D eigenvalue weighted by molar-refractivity contribution is 5.80. The molecule has 2 unspecified atom stereocenters. The van der Waals surface area contributed by atoms with Gasteiger partial charge in [-0.05, 0) is 33.1 Å². The van der Waals surface area contributed by atoms with E-state index in [0.29, 0.717) is 18.0 Å². The Balaban J connectivity index is 1.81. The first-order valence-electron chi connectivity index (χ1n) is 8.84. The number of aromatic nitrogens is 2. The Labute approximate surface area is 140 Å². The molecule has 2 heterocycles. The molecule has 1 aromatic rings. The average Bonchev–Trinajstić information content (AvgIpc) is 3.14. The van der Waals surface area contributed by atoms with Crippen LogP contribution in [0.4, 0.5) is 0 Å². The number of nitrogens with one attached hydrogen (secondary N) is 2. The van der Waals surface area contributed by atoms with E-state index in [1.165, 1.54) is 0 Å². The zero-order chi connectivity index (χ0) is 16.7. The molecule has 2 N–H and O–H groups in total. The van der Waals surface area contributed by atoms with Crippen molar-refractivity contribution in [2.75, 3.05) is 26.2 Å². The van der Waals surface area contributed by atoms with E-state index in [1.54, 1.807) is 0 Å². The summed E-state index contributed by atoms with van der Waals surface area (Å²) in [7, 11) is 0. The largest absolute Gasteiger partial charge is 0.357 e. The van der Waals surface area contributed by atoms with Crippen LogP contribution in [-0.2, 0) is 6.54 Å². The van der Waals surface area contributed by atoms with E-state index in [4.69, 9.17) is 4.99 Å². The van der Waals surface area contributed by atoms with E-state index in [0.717, 1.165) is 45.1 Å². The van der Waals surface area contributed by atoms with Gasteiger partial charge in [-0.15, -0.1) is 0 Å². The molecule has 0 spiro atoms. The molecule has 0 amide bonds. The molecule has 0 radical (unpaired) electrons. The van der Waals surface area contributed by atoms with Crippen LogP contribution in [0.25, 0.3) is 0 Å². The summed E-state index contributed by atoms with van der Waals surface area (Å²) in [4.78, 5) is 11.3. The van der Waals surface area contributed by atoms with Gasteiger partial charge >= 0.3 is 0 Å². The van der Waals surface area contributed by atoms with Crippen LogP contribution < -0.4 is 10.6 Å². The van der Waals surface area contributed by atoms with Crippen molar-refractivity contribution in [3.8, 4) is 0 Å². The standard InChI is InChI=1S/C17H32N6/c1-5-19-17(20-7-6-9-22-10-8-18-13-22)21-16-12-23(14(2)3)11-15(16)4/h8,10,13-16H,5-7,9,11-12H2,1-4H3,(H2,19,20,21). The van der Waals surface area contributed by atoms with Crippen molar-refractivity contribution >= 4 is 5.96 Å². The second-order valence-electron chi connectivity index (χ2n) is 6.69. The lowest BCUT2D eigenvalue weighted by Crippen LogP contribution is -2.46. The van der Waals surface area contributed by atoms with E-state index in [9.17, 15) is 0 Å². The number of rotatable bonds is 7. The molecular weight excluding hydrogens is 288 g/mol. The van der Waals surface area contributed by atoms with Crippen molar-refractivity contribution in [2.24, 2.45) is 10.9 Å². The van der Waals surface area contributed by atoms with Crippen LogP contribution in [0, 0.1) is 5.92 Å². The minimum absolute atomic E-state index is 0.476. The molecule has 1 aliphatic rings. The fraction of sp³-hybridized carbons (Fsp3) is 0.765. The third-order valence-corrected chi connectivity index (χ3v) is 4.44. The number of likely N-dealkylation sites (tertiary alicyclic amines) is 1. The molecule has 130 valence electrons. The highest BCUT2D eigenvalue weighted by Gasteiger charge is 2.31. The van der Waals surface area contributed by atoms with Gasteiger partial charge in [0.2, 0.25) is 0 Å². The smallest absolute Gasteiger partial charge is 0.191 e. The Morgan fingerprint density at radius 1 is 1.39 bits per heavy atom. The van der Waals surface area contributed by atoms with Crippen LogP contribution in [0.1, 0.15) is 34.1 Å². The van der Waals surface area contributed by atoms with Gasteiger partial charge in [0, 0.05) is 57.2 Å². The van der Waals surface area contributed by atoms with Gasteiger partial charge in [0.1, 0.15) is 0 Å². The molecule has 0 bridgehead atoms. The average molecular weight is 320 g/mol. The van der Waals surface area contributed by atoms with Gasteiger partial charge in [0.25, 0.3) is 0 Å². The summed E-state index contributed by atoms with van der Waals surface area (Å²) in [6.07, 6.45) is 6.68. The number of nitrogens with zero attached hydrogens (tertiary/aromatic N) is 4. The highest BCUT2D eigenvalue weighted by atomic mass is 15.3. The molecule has 23 heavy (non-hydrogen) atoms. The summed E-state index contributed by atoms with van der Waals surface area (Å²) in [5.41, 5.74) is 0. The molecule has 2 atom stereocenters. The van der Waals surface area contributed by atoms with E-state index in [1.807, 2.05) is 18.7 Å². The Hall–Kier alpha value is -1.56. The number of hydrogen-bond acceptors (Lipinski definition) is 3. The van der Waals surface area contributed by atoms with Crippen LogP contribution >= 0.6 is 0 Å². The summed E-state index contributed by atoms with van der Waals surface area (Å²) < 4.78 is 2.09. The number of aryl methyl sites for hydroxylation is 1. The van der Waals surface area contributed by atoms with Gasteiger partial charge in [-0.1, -0.05) is 6.92 Å². The molecular formula is C17H32N6. The first-order chi connectivity index (χ1) is 11.1. The fourth-order valence-electron chi connectivity index (χ4n) is 2.97. The first-order valence-corrected chi connectivity index (χ1v) is 8.84. The Morgan fingerprint density at radius 2 is 2.22 bits per heavy atom. The monoisotopic (exact) mass is 320 g/mol. The Morgan fingerprint density at radius 3 is 2.83 bits per heavy atom. The normalized spacial score (nSPS) is 22.7. The Bertz CT molecular complexity index is 467. The maximum atomic E-state index is 4.72. The third kappa shape index (κ3) is 5.53. The molecule has 0 aliphatic carbocycles. The number of aliphatic imine (C=N–C) groups is 1. The van der Waals surface area contributed by atoms with Crippen molar-refractivity contribution in [3.05, 3.63) is 18.7 Å². The maximum absolute atomic E-state index is 4.72. The molecule has 1 aliphatic heterocycles. The lowest BCUT2D eigenvalue weighted by atomic mass is 10.1. The summed E-state index contributed by atoms with van der Waals surface area (Å²) in [5, 5.41) is 6.99. The molecule has 0 saturated carbocycles. The molecule has 1 fully saturated rings. The van der Waals surface area contributed by atoms with E-state index in [2.05, 4.69) is 52.8 Å². The van der Waals surface area contributed by atoms with Gasteiger partial charge in [-0.3, -0.25) is 9.89 Å². The van der Waals surface area contributed by atoms with Crippen molar-refractivity contribution in [3.63, 3.8) is 0 Å². The fourth-order valence-corrected chi connectivity index (χ4v) is 2.97. The van der Waals surface area contributed by atoms with E-state index in [-0.39, 0.29) is 0 Å². The predicted molar refractivity (Wildman–Crippen MR) is 95.6 cm³/mol. The van der Waals surface area contributed by atoms with Crippen LogP contribution in [0.5, 0.6) is 0 Å². The lowest BCUT2D eigenvalue weighted by molar-refractivity contribution is 0.265. The van der Waals surface area contributed by atoms with Crippen molar-refractivity contribution in [1.82, 2.24) is 25.1 Å². The maximum Gasteiger partial charge on any atom is 0.191 e. The molecule has 6 nitrogen and oxygen atoms in total. The van der Waals surface area contributed by atoms with Crippen LogP contribution in [0.3, 0.4) is 0 Å². The van der Waals surface area contributed by atoms with Gasteiger partial charge in [0.05, 0.1) is 6.33 Å². The minimum atomic E-state index is 0.476. The summed E-state index contributed by atoms with van der Waals surface area (Å²) in [6.45, 7) is 13.9. The molecule has 1 saturated heterocycles. The molecule has 1 aromatic heterocycles. The van der Waals surface area contributed by atoms with Crippen LogP contribution in [0.15, 0.2) is 23.7 Å². The molecule has 0 aromatic carbocycles.